The molecule has 1 fully saturated rings. The summed E-state index contributed by atoms with van der Waals surface area (Å²) in [4.78, 5) is 23.4. The van der Waals surface area contributed by atoms with Gasteiger partial charge in [0.2, 0.25) is 11.8 Å². The minimum Gasteiger partial charge on any atom is -0.294 e. The number of hydrogen-bond acceptors (Lipinski definition) is 4. The molecule has 5 heteroatoms. The Morgan fingerprint density at radius 3 is 1.89 bits per heavy atom. The van der Waals surface area contributed by atoms with E-state index in [4.69, 9.17) is 10.5 Å². The molecule has 0 bridgehead atoms. The Balaban J connectivity index is 2.50. The van der Waals surface area contributed by atoms with Crippen molar-refractivity contribution in [2.24, 2.45) is 11.8 Å². The summed E-state index contributed by atoms with van der Waals surface area (Å²) in [7, 11) is 0. The van der Waals surface area contributed by atoms with Crippen LogP contribution in [0.25, 0.3) is 0 Å². The maximum atomic E-state index is 11.7. The van der Waals surface area contributed by atoms with E-state index in [1.165, 1.54) is 0 Å². The summed E-state index contributed by atoms with van der Waals surface area (Å²) in [6, 6.07) is 10.9. The number of amides is 2. The van der Waals surface area contributed by atoms with Crippen LogP contribution >= 0.6 is 0 Å². The molecule has 1 heterocycles. The van der Waals surface area contributed by atoms with E-state index in [0.717, 1.165) is 5.56 Å². The fourth-order valence-corrected chi connectivity index (χ4v) is 2.25. The first kappa shape index (κ1) is 12.8. The zero-order valence-corrected chi connectivity index (χ0v) is 10.3. The lowest BCUT2D eigenvalue weighted by Crippen LogP contribution is -2.49. The van der Waals surface area contributed by atoms with Crippen molar-refractivity contribution in [3.63, 3.8) is 0 Å². The molecular weight excluding hydrogens is 242 g/mol. The molecule has 2 rings (SSSR count). The Hall–Kier alpha value is -2.66. The summed E-state index contributed by atoms with van der Waals surface area (Å²) in [6.45, 7) is 1.91. The first-order valence-corrected chi connectivity index (χ1v) is 5.79. The number of imide groups is 1. The Morgan fingerprint density at radius 1 is 1.00 bits per heavy atom. The van der Waals surface area contributed by atoms with Gasteiger partial charge in [-0.15, -0.1) is 0 Å². The van der Waals surface area contributed by atoms with Crippen LogP contribution in [0, 0.1) is 41.4 Å². The van der Waals surface area contributed by atoms with Crippen molar-refractivity contribution in [2.45, 2.75) is 12.8 Å². The molecule has 1 unspecified atom stereocenters. The van der Waals surface area contributed by atoms with Gasteiger partial charge in [-0.25, -0.2) is 0 Å². The smallest absolute Gasteiger partial charge is 0.244 e. The molecule has 0 aliphatic carbocycles. The van der Waals surface area contributed by atoms with Crippen molar-refractivity contribution in [1.82, 2.24) is 5.32 Å². The molecule has 1 aromatic rings. The second-order valence-electron chi connectivity index (χ2n) is 4.50. The van der Waals surface area contributed by atoms with Crippen LogP contribution < -0.4 is 5.32 Å². The fraction of sp³-hybridized carbons (Fsp3) is 0.286. The largest absolute Gasteiger partial charge is 0.294 e. The van der Waals surface area contributed by atoms with Crippen LogP contribution in [0.5, 0.6) is 0 Å². The Kier molecular flexibility index (Phi) is 3.31. The molecule has 0 aromatic heterocycles. The number of piperidine rings is 1. The number of aryl methyl sites for hydroxylation is 1. The lowest BCUT2D eigenvalue weighted by atomic mass is 9.74. The summed E-state index contributed by atoms with van der Waals surface area (Å²) < 4.78 is 0. The molecule has 1 aliphatic heterocycles. The van der Waals surface area contributed by atoms with Crippen molar-refractivity contribution in [2.75, 3.05) is 0 Å². The van der Waals surface area contributed by atoms with E-state index < -0.39 is 29.6 Å². The van der Waals surface area contributed by atoms with Gasteiger partial charge in [0, 0.05) is 5.92 Å². The van der Waals surface area contributed by atoms with Crippen LogP contribution in [-0.4, -0.2) is 11.8 Å². The van der Waals surface area contributed by atoms with E-state index in [1.54, 1.807) is 12.1 Å². The van der Waals surface area contributed by atoms with Crippen molar-refractivity contribution in [3.05, 3.63) is 35.4 Å². The number of hydrogen-bond donors (Lipinski definition) is 1. The van der Waals surface area contributed by atoms with Gasteiger partial charge >= 0.3 is 0 Å². The van der Waals surface area contributed by atoms with Gasteiger partial charge in [0.15, 0.2) is 0 Å². The summed E-state index contributed by atoms with van der Waals surface area (Å²) >= 11 is 0. The second kappa shape index (κ2) is 4.91. The number of carbonyl (C=O) groups is 2. The summed E-state index contributed by atoms with van der Waals surface area (Å²) in [5.41, 5.74) is 1.68. The van der Waals surface area contributed by atoms with Crippen LogP contribution in [0.4, 0.5) is 0 Å². The third-order valence-corrected chi connectivity index (χ3v) is 3.27. The molecule has 19 heavy (non-hydrogen) atoms. The third kappa shape index (κ3) is 2.19. The molecule has 1 aromatic carbocycles. The average molecular weight is 253 g/mol. The third-order valence-electron chi connectivity index (χ3n) is 3.27. The van der Waals surface area contributed by atoms with Crippen LogP contribution in [0.3, 0.4) is 0 Å². The Labute approximate surface area is 110 Å². The molecule has 2 amide bonds. The highest BCUT2D eigenvalue weighted by atomic mass is 16.2. The van der Waals surface area contributed by atoms with Crippen LogP contribution in [-0.2, 0) is 9.59 Å². The van der Waals surface area contributed by atoms with Gasteiger partial charge in [0.25, 0.3) is 0 Å². The second-order valence-corrected chi connectivity index (χ2v) is 4.50. The highest BCUT2D eigenvalue weighted by Gasteiger charge is 2.45. The SMILES string of the molecule is Cc1ccc(C2[C@H](C#N)C(=O)NC(=O)[C@@H]2C#N)cc1. The molecule has 0 saturated carbocycles. The Bertz CT molecular complexity index is 575. The maximum Gasteiger partial charge on any atom is 0.244 e. The lowest BCUT2D eigenvalue weighted by molar-refractivity contribution is -0.137. The Morgan fingerprint density at radius 2 is 1.47 bits per heavy atom. The predicted molar refractivity (Wildman–Crippen MR) is 65.3 cm³/mol. The van der Waals surface area contributed by atoms with Gasteiger partial charge < -0.3 is 0 Å². The highest BCUT2D eigenvalue weighted by Crippen LogP contribution is 2.35. The van der Waals surface area contributed by atoms with E-state index in [2.05, 4.69) is 5.32 Å². The van der Waals surface area contributed by atoms with Crippen LogP contribution in [0.2, 0.25) is 0 Å². The van der Waals surface area contributed by atoms with Gasteiger partial charge in [-0.2, -0.15) is 10.5 Å². The molecule has 0 spiro atoms. The molecule has 1 aliphatic rings. The average Bonchev–Trinajstić information content (AvgIpc) is 2.39. The molecule has 1 saturated heterocycles. The fourth-order valence-electron chi connectivity index (χ4n) is 2.25. The topological polar surface area (TPSA) is 93.8 Å². The molecule has 94 valence electrons. The minimum absolute atomic E-state index is 0.635. The molecule has 3 atom stereocenters. The van der Waals surface area contributed by atoms with E-state index >= 15 is 0 Å². The lowest BCUT2D eigenvalue weighted by Gasteiger charge is -2.29. The van der Waals surface area contributed by atoms with Gasteiger partial charge in [-0.1, -0.05) is 29.8 Å². The zero-order chi connectivity index (χ0) is 14.0. The van der Waals surface area contributed by atoms with Gasteiger partial charge in [-0.05, 0) is 12.5 Å². The van der Waals surface area contributed by atoms with Gasteiger partial charge in [0.05, 0.1) is 12.1 Å². The summed E-state index contributed by atoms with van der Waals surface area (Å²) in [5, 5.41) is 20.3. The first-order chi connectivity index (χ1) is 9.08. The van der Waals surface area contributed by atoms with Crippen molar-refractivity contribution >= 4 is 11.8 Å². The number of benzene rings is 1. The van der Waals surface area contributed by atoms with Gasteiger partial charge in [0.1, 0.15) is 11.8 Å². The van der Waals surface area contributed by atoms with Crippen molar-refractivity contribution in [1.29, 1.82) is 10.5 Å². The quantitative estimate of drug-likeness (QED) is 0.756. The first-order valence-electron chi connectivity index (χ1n) is 5.79. The number of nitrogens with one attached hydrogen (secondary N) is 1. The standard InChI is InChI=1S/C14H11N3O2/c1-8-2-4-9(5-3-8)12-10(6-15)13(18)17-14(19)11(12)7-16/h2-5,10-12H,1H3,(H,17,18,19)/t10-,11+,12?. The van der Waals surface area contributed by atoms with E-state index in [0.29, 0.717) is 5.56 Å². The van der Waals surface area contributed by atoms with Crippen molar-refractivity contribution < 1.29 is 9.59 Å². The number of nitriles is 2. The van der Waals surface area contributed by atoms with Crippen molar-refractivity contribution in [3.8, 4) is 12.1 Å². The summed E-state index contributed by atoms with van der Waals surface area (Å²) in [6.07, 6.45) is 0. The molecule has 1 N–H and O–H groups in total. The molecule has 5 nitrogen and oxygen atoms in total. The maximum absolute atomic E-state index is 11.7. The zero-order valence-electron chi connectivity index (χ0n) is 10.3. The minimum atomic E-state index is -1.02. The highest BCUT2D eigenvalue weighted by molar-refractivity contribution is 6.03. The van der Waals surface area contributed by atoms with E-state index in [1.807, 2.05) is 31.2 Å². The number of carbonyl (C=O) groups excluding carboxylic acids is 2. The number of nitrogens with zero attached hydrogens (tertiary/aromatic N) is 2. The monoisotopic (exact) mass is 253 g/mol. The molecule has 0 radical (unpaired) electrons. The summed E-state index contributed by atoms with van der Waals surface area (Å²) in [5.74, 6) is -4.03. The normalized spacial score (nSPS) is 26.2. The van der Waals surface area contributed by atoms with Crippen LogP contribution in [0.15, 0.2) is 24.3 Å². The predicted octanol–water partition coefficient (Wildman–Crippen LogP) is 1.01. The van der Waals surface area contributed by atoms with Gasteiger partial charge in [-0.3, -0.25) is 14.9 Å². The van der Waals surface area contributed by atoms with E-state index in [9.17, 15) is 9.59 Å². The number of rotatable bonds is 1. The van der Waals surface area contributed by atoms with Crippen LogP contribution in [0.1, 0.15) is 17.0 Å². The molecular formula is C14H11N3O2. The van der Waals surface area contributed by atoms with E-state index in [-0.39, 0.29) is 0 Å².